The van der Waals surface area contributed by atoms with E-state index in [1.807, 2.05) is 60.6 Å². The van der Waals surface area contributed by atoms with Gasteiger partial charge in [-0.3, -0.25) is 0 Å². The fraction of sp³-hybridized carbons (Fsp3) is 0.611. The van der Waals surface area contributed by atoms with E-state index in [1.165, 1.54) is 0 Å². The summed E-state index contributed by atoms with van der Waals surface area (Å²) in [5, 5.41) is 0. The van der Waals surface area contributed by atoms with Crippen LogP contribution in [0.3, 0.4) is 0 Å². The van der Waals surface area contributed by atoms with E-state index in [9.17, 15) is 4.79 Å². The minimum Gasteiger partial charge on any atom is -0.462 e. The van der Waals surface area contributed by atoms with Gasteiger partial charge in [-0.15, -0.1) is 0 Å². The molecule has 1 aromatic carbocycles. The standard InChI is InChI=1S/C16H23BO4.C2H6/c1-7-19-14(18)12-8-11(2)9-13(10-12)17-20-15(3,4)16(5,6)21-17;1-2/h8-10H,7H2,1-6H3;1-2H3. The molecule has 1 fully saturated rings. The summed E-state index contributed by atoms with van der Waals surface area (Å²) in [6.45, 7) is 16.1. The third-order valence-electron chi connectivity index (χ3n) is 4.14. The summed E-state index contributed by atoms with van der Waals surface area (Å²) in [6.07, 6.45) is 0. The number of carbonyl (C=O) groups is 1. The molecule has 4 nitrogen and oxygen atoms in total. The smallest absolute Gasteiger partial charge is 0.462 e. The Labute approximate surface area is 140 Å². The summed E-state index contributed by atoms with van der Waals surface area (Å²) >= 11 is 0. The Morgan fingerprint density at radius 2 is 1.61 bits per heavy atom. The largest absolute Gasteiger partial charge is 0.494 e. The maximum Gasteiger partial charge on any atom is 0.494 e. The SMILES string of the molecule is CC.CCOC(=O)c1cc(C)cc(B2OC(C)(C)C(C)(C)O2)c1. The number of benzene rings is 1. The predicted molar refractivity (Wildman–Crippen MR) is 94.2 cm³/mol. The molecule has 0 saturated carbocycles. The van der Waals surface area contributed by atoms with Crippen LogP contribution in [0.1, 0.15) is 64.4 Å². The number of aryl methyl sites for hydroxylation is 1. The van der Waals surface area contributed by atoms with Crippen LogP contribution in [0.25, 0.3) is 0 Å². The van der Waals surface area contributed by atoms with Crippen molar-refractivity contribution in [2.45, 2.75) is 66.6 Å². The zero-order valence-electron chi connectivity index (χ0n) is 15.6. The van der Waals surface area contributed by atoms with Crippen LogP contribution in [-0.2, 0) is 14.0 Å². The molecule has 0 unspecified atom stereocenters. The zero-order chi connectivity index (χ0) is 17.8. The zero-order valence-corrected chi connectivity index (χ0v) is 15.6. The van der Waals surface area contributed by atoms with Crippen LogP contribution in [0.15, 0.2) is 18.2 Å². The van der Waals surface area contributed by atoms with Gasteiger partial charge in [0, 0.05) is 0 Å². The molecule has 0 bridgehead atoms. The van der Waals surface area contributed by atoms with E-state index in [-0.39, 0.29) is 5.97 Å². The maximum atomic E-state index is 11.9. The van der Waals surface area contributed by atoms with Gasteiger partial charge >= 0.3 is 13.1 Å². The molecule has 1 heterocycles. The average molecular weight is 320 g/mol. The van der Waals surface area contributed by atoms with Crippen LogP contribution in [0.2, 0.25) is 0 Å². The lowest BCUT2D eigenvalue weighted by molar-refractivity contribution is 0.00578. The first kappa shape index (κ1) is 19.7. The minimum absolute atomic E-state index is 0.320. The Balaban J connectivity index is 0.00000127. The van der Waals surface area contributed by atoms with Crippen molar-refractivity contribution in [3.8, 4) is 0 Å². The van der Waals surface area contributed by atoms with Gasteiger partial charge in [0.05, 0.1) is 23.4 Å². The van der Waals surface area contributed by atoms with Crippen molar-refractivity contribution in [1.29, 1.82) is 0 Å². The van der Waals surface area contributed by atoms with Crippen LogP contribution in [0.5, 0.6) is 0 Å². The Bertz CT molecular complexity index is 536. The van der Waals surface area contributed by atoms with Gasteiger partial charge in [0.1, 0.15) is 0 Å². The quantitative estimate of drug-likeness (QED) is 0.632. The summed E-state index contributed by atoms with van der Waals surface area (Å²) in [6, 6.07) is 5.57. The molecule has 0 radical (unpaired) electrons. The van der Waals surface area contributed by atoms with Gasteiger partial charge in [-0.05, 0) is 59.1 Å². The number of hydrogen-bond acceptors (Lipinski definition) is 4. The second-order valence-electron chi connectivity index (χ2n) is 6.44. The van der Waals surface area contributed by atoms with Gasteiger partial charge < -0.3 is 14.0 Å². The molecule has 0 aliphatic carbocycles. The summed E-state index contributed by atoms with van der Waals surface area (Å²) in [4.78, 5) is 11.9. The predicted octanol–water partition coefficient (Wildman–Crippen LogP) is 3.50. The molecule has 1 aliphatic rings. The van der Waals surface area contributed by atoms with Crippen LogP contribution in [-0.4, -0.2) is 30.9 Å². The maximum absolute atomic E-state index is 11.9. The molecule has 23 heavy (non-hydrogen) atoms. The molecule has 1 saturated heterocycles. The third-order valence-corrected chi connectivity index (χ3v) is 4.14. The molecule has 0 amide bonds. The molecule has 1 aliphatic heterocycles. The molecular formula is C18H29BO4. The third kappa shape index (κ3) is 4.36. The second-order valence-corrected chi connectivity index (χ2v) is 6.44. The first-order valence-electron chi connectivity index (χ1n) is 8.30. The highest BCUT2D eigenvalue weighted by Gasteiger charge is 2.51. The van der Waals surface area contributed by atoms with Crippen LogP contribution in [0.4, 0.5) is 0 Å². The molecule has 5 heteroatoms. The van der Waals surface area contributed by atoms with Gasteiger partial charge in [0.25, 0.3) is 0 Å². The van der Waals surface area contributed by atoms with Crippen LogP contribution >= 0.6 is 0 Å². The number of ether oxygens (including phenoxy) is 1. The van der Waals surface area contributed by atoms with Gasteiger partial charge in [0.2, 0.25) is 0 Å². The highest BCUT2D eigenvalue weighted by Crippen LogP contribution is 2.36. The fourth-order valence-electron chi connectivity index (χ4n) is 2.26. The van der Waals surface area contributed by atoms with E-state index in [4.69, 9.17) is 14.0 Å². The second kappa shape index (κ2) is 7.50. The number of carbonyl (C=O) groups excluding carboxylic acids is 1. The summed E-state index contributed by atoms with van der Waals surface area (Å²) in [5.41, 5.74) is 1.56. The van der Waals surface area contributed by atoms with E-state index in [2.05, 4.69) is 0 Å². The molecule has 1 aromatic rings. The molecule has 0 aromatic heterocycles. The van der Waals surface area contributed by atoms with Crippen molar-refractivity contribution in [1.82, 2.24) is 0 Å². The van der Waals surface area contributed by atoms with Gasteiger partial charge in [0.15, 0.2) is 0 Å². The normalized spacial score (nSPS) is 18.2. The molecule has 0 atom stereocenters. The molecular weight excluding hydrogens is 291 g/mol. The monoisotopic (exact) mass is 320 g/mol. The summed E-state index contributed by atoms with van der Waals surface area (Å²) in [7, 11) is -0.469. The van der Waals surface area contributed by atoms with Crippen molar-refractivity contribution >= 4 is 18.6 Å². The lowest BCUT2D eigenvalue weighted by Crippen LogP contribution is -2.41. The van der Waals surface area contributed by atoms with Crippen molar-refractivity contribution in [3.05, 3.63) is 29.3 Å². The van der Waals surface area contributed by atoms with Gasteiger partial charge in [-0.25, -0.2) is 4.79 Å². The van der Waals surface area contributed by atoms with E-state index >= 15 is 0 Å². The van der Waals surface area contributed by atoms with E-state index < -0.39 is 18.3 Å². The fourth-order valence-corrected chi connectivity index (χ4v) is 2.26. The first-order chi connectivity index (χ1) is 10.7. The number of esters is 1. The van der Waals surface area contributed by atoms with Gasteiger partial charge in [-0.1, -0.05) is 25.5 Å². The summed E-state index contributed by atoms with van der Waals surface area (Å²) < 4.78 is 17.1. The molecule has 128 valence electrons. The lowest BCUT2D eigenvalue weighted by Gasteiger charge is -2.32. The Kier molecular flexibility index (Phi) is 6.43. The Hall–Kier alpha value is -1.33. The average Bonchev–Trinajstić information content (AvgIpc) is 2.69. The lowest BCUT2D eigenvalue weighted by atomic mass is 9.77. The van der Waals surface area contributed by atoms with E-state index in [0.29, 0.717) is 12.2 Å². The topological polar surface area (TPSA) is 44.8 Å². The van der Waals surface area contributed by atoms with Crippen molar-refractivity contribution in [2.75, 3.05) is 6.61 Å². The van der Waals surface area contributed by atoms with Gasteiger partial charge in [-0.2, -0.15) is 0 Å². The highest BCUT2D eigenvalue weighted by atomic mass is 16.7. The van der Waals surface area contributed by atoms with E-state index in [1.54, 1.807) is 13.0 Å². The van der Waals surface area contributed by atoms with Crippen molar-refractivity contribution < 1.29 is 18.8 Å². The van der Waals surface area contributed by atoms with E-state index in [0.717, 1.165) is 11.0 Å². The molecule has 2 rings (SSSR count). The van der Waals surface area contributed by atoms with Crippen LogP contribution in [0, 0.1) is 6.92 Å². The Morgan fingerprint density at radius 3 is 2.09 bits per heavy atom. The minimum atomic E-state index is -0.469. The molecule has 0 N–H and O–H groups in total. The highest BCUT2D eigenvalue weighted by molar-refractivity contribution is 6.62. The summed E-state index contributed by atoms with van der Waals surface area (Å²) in [5.74, 6) is -0.320. The van der Waals surface area contributed by atoms with Crippen molar-refractivity contribution in [2.24, 2.45) is 0 Å². The van der Waals surface area contributed by atoms with Crippen LogP contribution < -0.4 is 5.46 Å². The van der Waals surface area contributed by atoms with Crippen molar-refractivity contribution in [3.63, 3.8) is 0 Å². The Morgan fingerprint density at radius 1 is 1.09 bits per heavy atom. The number of hydrogen-bond donors (Lipinski definition) is 0. The number of rotatable bonds is 3. The molecule has 0 spiro atoms. The first-order valence-corrected chi connectivity index (χ1v) is 8.30.